The smallest absolute Gasteiger partial charge is 0.441 e. The molecule has 11 nitrogen and oxygen atoms in total. The molecule has 0 aliphatic carbocycles. The number of aromatic nitrogens is 5. The molecule has 0 spiro atoms. The summed E-state index contributed by atoms with van der Waals surface area (Å²) in [6.07, 6.45) is -11.7. The van der Waals surface area contributed by atoms with E-state index in [1.807, 2.05) is 0 Å². The van der Waals surface area contributed by atoms with Crippen molar-refractivity contribution in [1.29, 1.82) is 0 Å². The summed E-state index contributed by atoms with van der Waals surface area (Å²) in [4.78, 5) is 19.4. The molecule has 3 N–H and O–H groups in total. The second-order valence-electron chi connectivity index (χ2n) is 8.27. The average Bonchev–Trinajstić information content (AvgIpc) is 3.50. The van der Waals surface area contributed by atoms with Crippen LogP contribution in [0.4, 0.5) is 42.9 Å². The largest absolute Gasteiger partial charge is 0.522 e. The summed E-state index contributed by atoms with van der Waals surface area (Å²) in [6, 6.07) is 2.02. The minimum atomic E-state index is -4.91. The van der Waals surface area contributed by atoms with Crippen molar-refractivity contribution in [2.45, 2.75) is 57.7 Å². The van der Waals surface area contributed by atoms with Crippen LogP contribution >= 0.6 is 0 Å². The number of imidazole rings is 1. The van der Waals surface area contributed by atoms with E-state index >= 15 is 0 Å². The molecule has 3 aromatic heterocycles. The van der Waals surface area contributed by atoms with Gasteiger partial charge in [0.25, 0.3) is 6.43 Å². The van der Waals surface area contributed by atoms with Crippen molar-refractivity contribution >= 4 is 23.5 Å². The first kappa shape index (κ1) is 26.5. The summed E-state index contributed by atoms with van der Waals surface area (Å²) in [7, 11) is 0. The van der Waals surface area contributed by atoms with E-state index in [0.717, 1.165) is 16.7 Å². The highest BCUT2D eigenvalue weighted by molar-refractivity contribution is 5.67. The van der Waals surface area contributed by atoms with Crippen LogP contribution in [0.2, 0.25) is 0 Å². The number of alkyl halides is 6. The predicted molar refractivity (Wildman–Crippen MR) is 113 cm³/mol. The van der Waals surface area contributed by atoms with Crippen LogP contribution in [0, 0.1) is 0 Å². The Morgan fingerprint density at radius 2 is 2.05 bits per heavy atom. The molecule has 4 rings (SSSR count). The monoisotopic (exact) mass is 537 g/mol. The number of nitrogens with one attached hydrogen (secondary N) is 3. The third-order valence-electron chi connectivity index (χ3n) is 5.02. The molecule has 3 atom stereocenters. The Labute approximate surface area is 204 Å². The van der Waals surface area contributed by atoms with E-state index in [1.165, 1.54) is 6.07 Å². The van der Waals surface area contributed by atoms with Crippen LogP contribution < -0.4 is 10.6 Å². The highest BCUT2D eigenvalue weighted by atomic mass is 19.4. The average molecular weight is 537 g/mol. The number of carbonyl (C=O) groups excluding carboxylic acids is 1. The van der Waals surface area contributed by atoms with Gasteiger partial charge in [-0.25, -0.2) is 27.9 Å². The van der Waals surface area contributed by atoms with Crippen molar-refractivity contribution in [2.75, 3.05) is 11.9 Å². The SMILES string of the molecule is CC(C)NC(=O)O[C@H]1CO[C@@H](c2cc(Nc3nc(C(F)F)cc4nc(COC(F)(F)F)cn34)n[nH]2)[C@H]1F. The zero-order valence-electron chi connectivity index (χ0n) is 19.2. The summed E-state index contributed by atoms with van der Waals surface area (Å²) in [6.45, 7) is 2.26. The van der Waals surface area contributed by atoms with E-state index in [4.69, 9.17) is 9.47 Å². The van der Waals surface area contributed by atoms with Gasteiger partial charge in [-0.1, -0.05) is 0 Å². The molecule has 1 aliphatic heterocycles. The minimum Gasteiger partial charge on any atom is -0.441 e. The Morgan fingerprint density at radius 3 is 2.73 bits per heavy atom. The number of halogens is 6. The number of alkyl carbamates (subject to hydrolysis) is 1. The Hall–Kier alpha value is -3.60. The summed E-state index contributed by atoms with van der Waals surface area (Å²) in [5, 5.41) is 11.6. The Bertz CT molecular complexity index is 1250. The fraction of sp³-hybridized carbons (Fsp3) is 0.500. The van der Waals surface area contributed by atoms with Crippen molar-refractivity contribution in [3.63, 3.8) is 0 Å². The normalized spacial score (nSPS) is 20.2. The molecule has 0 bridgehead atoms. The number of hydrogen-bond donors (Lipinski definition) is 3. The number of anilines is 2. The highest BCUT2D eigenvalue weighted by Crippen LogP contribution is 2.34. The lowest BCUT2D eigenvalue weighted by molar-refractivity contribution is -0.330. The van der Waals surface area contributed by atoms with E-state index in [-0.39, 0.29) is 41.4 Å². The van der Waals surface area contributed by atoms with Gasteiger partial charge >= 0.3 is 12.5 Å². The Morgan fingerprint density at radius 1 is 1.30 bits per heavy atom. The van der Waals surface area contributed by atoms with Crippen LogP contribution in [0.15, 0.2) is 18.3 Å². The molecule has 0 unspecified atom stereocenters. The van der Waals surface area contributed by atoms with Crippen LogP contribution in [-0.4, -0.2) is 61.9 Å². The minimum absolute atomic E-state index is 0.00901. The lowest BCUT2D eigenvalue weighted by atomic mass is 10.1. The molecule has 1 saturated heterocycles. The van der Waals surface area contributed by atoms with Crippen LogP contribution in [0.25, 0.3) is 5.65 Å². The number of aromatic amines is 1. The van der Waals surface area contributed by atoms with Gasteiger partial charge in [-0.3, -0.25) is 14.2 Å². The third-order valence-corrected chi connectivity index (χ3v) is 5.02. The summed E-state index contributed by atoms with van der Waals surface area (Å²) >= 11 is 0. The first-order valence-corrected chi connectivity index (χ1v) is 10.8. The molecule has 37 heavy (non-hydrogen) atoms. The number of hydrogen-bond acceptors (Lipinski definition) is 8. The van der Waals surface area contributed by atoms with E-state index in [0.29, 0.717) is 0 Å². The van der Waals surface area contributed by atoms with Gasteiger partial charge in [0.15, 0.2) is 18.1 Å². The Balaban J connectivity index is 1.51. The van der Waals surface area contributed by atoms with Gasteiger partial charge in [0.2, 0.25) is 5.95 Å². The molecule has 4 heterocycles. The number of amides is 1. The highest BCUT2D eigenvalue weighted by Gasteiger charge is 2.42. The molecule has 3 aromatic rings. The van der Waals surface area contributed by atoms with Crippen molar-refractivity contribution in [1.82, 2.24) is 29.9 Å². The van der Waals surface area contributed by atoms with Crippen LogP contribution in [0.1, 0.15) is 43.5 Å². The third kappa shape index (κ3) is 6.40. The summed E-state index contributed by atoms with van der Waals surface area (Å²) in [5.74, 6) is -0.234. The number of H-pyrrole nitrogens is 1. The van der Waals surface area contributed by atoms with Gasteiger partial charge in [-0.15, -0.1) is 13.2 Å². The lowest BCUT2D eigenvalue weighted by Crippen LogP contribution is -2.36. The number of rotatable bonds is 8. The van der Waals surface area contributed by atoms with Gasteiger partial charge in [0, 0.05) is 24.4 Å². The van der Waals surface area contributed by atoms with Crippen molar-refractivity contribution in [3.8, 4) is 0 Å². The van der Waals surface area contributed by atoms with Gasteiger partial charge in [-0.2, -0.15) is 5.10 Å². The number of ether oxygens (including phenoxy) is 3. The van der Waals surface area contributed by atoms with Gasteiger partial charge < -0.3 is 20.1 Å². The van der Waals surface area contributed by atoms with E-state index < -0.39 is 49.6 Å². The molecule has 0 saturated carbocycles. The zero-order chi connectivity index (χ0) is 26.9. The second-order valence-corrected chi connectivity index (χ2v) is 8.27. The van der Waals surface area contributed by atoms with E-state index in [1.54, 1.807) is 13.8 Å². The van der Waals surface area contributed by atoms with Gasteiger partial charge in [0.05, 0.1) is 24.6 Å². The Kier molecular flexibility index (Phi) is 7.44. The number of fused-ring (bicyclic) bond motifs is 1. The molecule has 1 amide bonds. The molecular formula is C20H21F6N7O4. The van der Waals surface area contributed by atoms with E-state index in [9.17, 15) is 31.1 Å². The van der Waals surface area contributed by atoms with Crippen LogP contribution in [0.5, 0.6) is 0 Å². The fourth-order valence-electron chi connectivity index (χ4n) is 3.49. The van der Waals surface area contributed by atoms with Gasteiger partial charge in [-0.05, 0) is 13.8 Å². The molecule has 0 aromatic carbocycles. The quantitative estimate of drug-likeness (QED) is 0.367. The summed E-state index contributed by atoms with van der Waals surface area (Å²) < 4.78 is 94.0. The zero-order valence-corrected chi connectivity index (χ0v) is 19.2. The number of carbonyl (C=O) groups is 1. The van der Waals surface area contributed by atoms with Gasteiger partial charge in [0.1, 0.15) is 17.4 Å². The molecule has 1 fully saturated rings. The molecular weight excluding hydrogens is 516 g/mol. The molecule has 1 aliphatic rings. The number of nitrogens with zero attached hydrogens (tertiary/aromatic N) is 4. The van der Waals surface area contributed by atoms with Crippen molar-refractivity contribution in [2.24, 2.45) is 0 Å². The first-order chi connectivity index (χ1) is 17.4. The van der Waals surface area contributed by atoms with Crippen molar-refractivity contribution < 1.29 is 45.3 Å². The molecule has 17 heteroatoms. The second kappa shape index (κ2) is 10.4. The maximum absolute atomic E-state index is 14.9. The lowest BCUT2D eigenvalue weighted by Gasteiger charge is -2.16. The van der Waals surface area contributed by atoms with E-state index in [2.05, 4.69) is 35.5 Å². The fourth-order valence-corrected chi connectivity index (χ4v) is 3.49. The first-order valence-electron chi connectivity index (χ1n) is 10.8. The van der Waals surface area contributed by atoms with Crippen LogP contribution in [0.3, 0.4) is 0 Å². The summed E-state index contributed by atoms with van der Waals surface area (Å²) in [5.41, 5.74) is -0.853. The predicted octanol–water partition coefficient (Wildman–Crippen LogP) is 4.08. The molecule has 202 valence electrons. The van der Waals surface area contributed by atoms with Crippen LogP contribution in [-0.2, 0) is 20.8 Å². The molecule has 0 radical (unpaired) electrons. The standard InChI is InChI=1S/C20H21F6N7O4/c1-8(2)27-19(34)37-12-7-35-16(15(12)21)10-3-13(32-31-10)30-18-29-11(17(22)23)4-14-28-9(5-33(14)18)6-36-20(24,25)26/h3-5,8,12,15-17H,6-7H2,1-2H3,(H,27,34)(H2,29,30,31,32)/t12-,15-,16-/m0/s1. The topological polar surface area (TPSA) is 128 Å². The van der Waals surface area contributed by atoms with Crippen molar-refractivity contribution in [3.05, 3.63) is 35.4 Å². The maximum atomic E-state index is 14.9. The maximum Gasteiger partial charge on any atom is 0.522 e.